The van der Waals surface area contributed by atoms with Crippen molar-refractivity contribution in [2.45, 2.75) is 13.1 Å². The lowest BCUT2D eigenvalue weighted by molar-refractivity contribution is -0.387. The van der Waals surface area contributed by atoms with E-state index in [9.17, 15) is 18.9 Å². The number of benzene rings is 2. The van der Waals surface area contributed by atoms with Gasteiger partial charge in [-0.05, 0) is 17.7 Å². The van der Waals surface area contributed by atoms with Gasteiger partial charge < -0.3 is 5.32 Å². The Morgan fingerprint density at radius 3 is 2.45 bits per heavy atom. The van der Waals surface area contributed by atoms with E-state index in [0.29, 0.717) is 24.2 Å². The van der Waals surface area contributed by atoms with Gasteiger partial charge in [-0.2, -0.15) is 4.39 Å². The summed E-state index contributed by atoms with van der Waals surface area (Å²) in [7, 11) is 0. The first-order valence-electron chi connectivity index (χ1n) is 5.95. The quantitative estimate of drug-likeness (QED) is 0.675. The Balaban J connectivity index is 1.97. The fourth-order valence-electron chi connectivity index (χ4n) is 1.79. The molecule has 0 saturated heterocycles. The van der Waals surface area contributed by atoms with Crippen molar-refractivity contribution >= 4 is 5.69 Å². The summed E-state index contributed by atoms with van der Waals surface area (Å²) in [5.41, 5.74) is 0.516. The maximum atomic E-state index is 13.4. The molecule has 0 bridgehead atoms. The predicted molar refractivity (Wildman–Crippen MR) is 70.0 cm³/mol. The Hall–Kier alpha value is -2.34. The van der Waals surface area contributed by atoms with E-state index in [4.69, 9.17) is 0 Å². The first-order chi connectivity index (χ1) is 9.58. The SMILES string of the molecule is O=[N+]([O-])c1ccc(CNCc2ccccc2F)cc1F. The smallest absolute Gasteiger partial charge is 0.304 e. The van der Waals surface area contributed by atoms with Crippen molar-refractivity contribution in [1.82, 2.24) is 5.32 Å². The van der Waals surface area contributed by atoms with Crippen molar-refractivity contribution < 1.29 is 13.7 Å². The normalized spacial score (nSPS) is 10.5. The number of nitrogens with one attached hydrogen (secondary N) is 1. The Bertz CT molecular complexity index is 632. The van der Waals surface area contributed by atoms with Gasteiger partial charge in [0.15, 0.2) is 0 Å². The molecule has 2 aromatic carbocycles. The second-order valence-electron chi connectivity index (χ2n) is 4.24. The second kappa shape index (κ2) is 6.21. The van der Waals surface area contributed by atoms with Crippen LogP contribution in [0.15, 0.2) is 42.5 Å². The van der Waals surface area contributed by atoms with Gasteiger partial charge in [-0.25, -0.2) is 4.39 Å². The average molecular weight is 278 g/mol. The van der Waals surface area contributed by atoms with Crippen LogP contribution in [0.3, 0.4) is 0 Å². The van der Waals surface area contributed by atoms with Gasteiger partial charge in [0.25, 0.3) is 0 Å². The minimum absolute atomic E-state index is 0.295. The lowest BCUT2D eigenvalue weighted by Crippen LogP contribution is -2.13. The van der Waals surface area contributed by atoms with Crippen LogP contribution in [-0.2, 0) is 13.1 Å². The van der Waals surface area contributed by atoms with Gasteiger partial charge in [-0.1, -0.05) is 24.3 Å². The molecule has 2 rings (SSSR count). The van der Waals surface area contributed by atoms with Crippen LogP contribution in [0.2, 0.25) is 0 Å². The lowest BCUT2D eigenvalue weighted by Gasteiger charge is -2.06. The fraction of sp³-hybridized carbons (Fsp3) is 0.143. The molecule has 0 atom stereocenters. The monoisotopic (exact) mass is 278 g/mol. The van der Waals surface area contributed by atoms with E-state index in [0.717, 1.165) is 12.1 Å². The van der Waals surface area contributed by atoms with E-state index in [1.807, 2.05) is 0 Å². The van der Waals surface area contributed by atoms with Gasteiger partial charge in [0.1, 0.15) is 5.82 Å². The van der Waals surface area contributed by atoms with Gasteiger partial charge in [0.2, 0.25) is 5.82 Å². The Labute approximate surface area is 114 Å². The molecule has 0 heterocycles. The van der Waals surface area contributed by atoms with Crippen molar-refractivity contribution in [2.75, 3.05) is 0 Å². The van der Waals surface area contributed by atoms with Gasteiger partial charge in [0.05, 0.1) is 4.92 Å². The van der Waals surface area contributed by atoms with Crippen LogP contribution < -0.4 is 5.32 Å². The molecule has 2 aromatic rings. The predicted octanol–water partition coefficient (Wildman–Crippen LogP) is 3.16. The molecule has 104 valence electrons. The summed E-state index contributed by atoms with van der Waals surface area (Å²) in [6.45, 7) is 0.592. The zero-order valence-corrected chi connectivity index (χ0v) is 10.5. The zero-order chi connectivity index (χ0) is 14.5. The number of hydrogen-bond donors (Lipinski definition) is 1. The van der Waals surface area contributed by atoms with Crippen LogP contribution in [0.1, 0.15) is 11.1 Å². The summed E-state index contributed by atoms with van der Waals surface area (Å²) >= 11 is 0. The summed E-state index contributed by atoms with van der Waals surface area (Å²) in [6.07, 6.45) is 0. The molecular weight excluding hydrogens is 266 g/mol. The molecule has 20 heavy (non-hydrogen) atoms. The number of halogens is 2. The van der Waals surface area contributed by atoms with Gasteiger partial charge in [0, 0.05) is 24.7 Å². The number of nitrogens with zero attached hydrogens (tertiary/aromatic N) is 1. The third-order valence-corrected chi connectivity index (χ3v) is 2.81. The third kappa shape index (κ3) is 3.36. The molecule has 0 spiro atoms. The molecule has 0 saturated carbocycles. The van der Waals surface area contributed by atoms with E-state index in [1.54, 1.807) is 18.2 Å². The highest BCUT2D eigenvalue weighted by atomic mass is 19.1. The molecule has 0 aliphatic carbocycles. The molecule has 0 aliphatic rings. The zero-order valence-electron chi connectivity index (χ0n) is 10.5. The number of nitro benzene ring substituents is 1. The van der Waals surface area contributed by atoms with Crippen LogP contribution in [0.25, 0.3) is 0 Å². The largest absolute Gasteiger partial charge is 0.309 e. The van der Waals surface area contributed by atoms with Crippen LogP contribution in [-0.4, -0.2) is 4.92 Å². The van der Waals surface area contributed by atoms with E-state index in [1.165, 1.54) is 12.1 Å². The van der Waals surface area contributed by atoms with Crippen LogP contribution in [0.4, 0.5) is 14.5 Å². The first-order valence-corrected chi connectivity index (χ1v) is 5.95. The fourth-order valence-corrected chi connectivity index (χ4v) is 1.79. The summed E-state index contributed by atoms with van der Waals surface area (Å²) < 4.78 is 26.7. The molecular formula is C14H12F2N2O2. The van der Waals surface area contributed by atoms with Gasteiger partial charge in [-0.3, -0.25) is 10.1 Å². The lowest BCUT2D eigenvalue weighted by atomic mass is 10.1. The molecule has 0 radical (unpaired) electrons. The molecule has 0 aliphatic heterocycles. The van der Waals surface area contributed by atoms with Crippen LogP contribution >= 0.6 is 0 Å². The summed E-state index contributed by atoms with van der Waals surface area (Å²) in [5.74, 6) is -1.19. The topological polar surface area (TPSA) is 55.2 Å². The maximum absolute atomic E-state index is 13.4. The first kappa shape index (κ1) is 14.1. The highest BCUT2D eigenvalue weighted by Crippen LogP contribution is 2.18. The van der Waals surface area contributed by atoms with Crippen LogP contribution in [0.5, 0.6) is 0 Å². The summed E-state index contributed by atoms with van der Waals surface area (Å²) in [6, 6.07) is 10.0. The average Bonchev–Trinajstić information content (AvgIpc) is 2.40. The standard InChI is InChI=1S/C14H12F2N2O2/c15-12-4-2-1-3-11(12)9-17-8-10-5-6-14(18(19)20)13(16)7-10/h1-7,17H,8-9H2. The molecule has 1 N–H and O–H groups in total. The van der Waals surface area contributed by atoms with E-state index < -0.39 is 16.4 Å². The second-order valence-corrected chi connectivity index (χ2v) is 4.24. The van der Waals surface area contributed by atoms with Crippen molar-refractivity contribution in [3.05, 3.63) is 75.3 Å². The number of nitro groups is 1. The van der Waals surface area contributed by atoms with Crippen molar-refractivity contribution in [3.63, 3.8) is 0 Å². The van der Waals surface area contributed by atoms with Crippen molar-refractivity contribution in [3.8, 4) is 0 Å². The summed E-state index contributed by atoms with van der Waals surface area (Å²) in [4.78, 5) is 9.71. The highest BCUT2D eigenvalue weighted by molar-refractivity contribution is 5.35. The third-order valence-electron chi connectivity index (χ3n) is 2.81. The van der Waals surface area contributed by atoms with Crippen molar-refractivity contribution in [2.24, 2.45) is 0 Å². The number of rotatable bonds is 5. The molecule has 0 aromatic heterocycles. The van der Waals surface area contributed by atoms with E-state index >= 15 is 0 Å². The Kier molecular flexibility index (Phi) is 4.37. The van der Waals surface area contributed by atoms with Crippen LogP contribution in [0, 0.1) is 21.7 Å². The van der Waals surface area contributed by atoms with E-state index in [2.05, 4.69) is 5.32 Å². The molecule has 0 unspecified atom stereocenters. The highest BCUT2D eigenvalue weighted by Gasteiger charge is 2.13. The van der Waals surface area contributed by atoms with Gasteiger partial charge in [-0.15, -0.1) is 0 Å². The molecule has 0 fully saturated rings. The molecule has 4 nitrogen and oxygen atoms in total. The van der Waals surface area contributed by atoms with Gasteiger partial charge >= 0.3 is 5.69 Å². The maximum Gasteiger partial charge on any atom is 0.304 e. The number of hydrogen-bond acceptors (Lipinski definition) is 3. The summed E-state index contributed by atoms with van der Waals surface area (Å²) in [5, 5.41) is 13.4. The van der Waals surface area contributed by atoms with E-state index in [-0.39, 0.29) is 5.82 Å². The molecule has 0 amide bonds. The Morgan fingerprint density at radius 2 is 1.80 bits per heavy atom. The minimum Gasteiger partial charge on any atom is -0.309 e. The molecule has 6 heteroatoms. The Morgan fingerprint density at radius 1 is 1.05 bits per heavy atom. The van der Waals surface area contributed by atoms with Crippen molar-refractivity contribution in [1.29, 1.82) is 0 Å². The minimum atomic E-state index is -0.875.